The van der Waals surface area contributed by atoms with Gasteiger partial charge < -0.3 is 10.2 Å². The molecule has 0 atom stereocenters. The first kappa shape index (κ1) is 19.2. The van der Waals surface area contributed by atoms with Crippen LogP contribution in [-0.2, 0) is 17.9 Å². The van der Waals surface area contributed by atoms with Gasteiger partial charge in [0.15, 0.2) is 0 Å². The van der Waals surface area contributed by atoms with E-state index in [9.17, 15) is 9.59 Å². The fraction of sp³-hybridized carbons (Fsp3) is 0.579. The number of aromatic nitrogens is 2. The number of amides is 1. The van der Waals surface area contributed by atoms with Crippen molar-refractivity contribution in [2.24, 2.45) is 0 Å². The number of aryl methyl sites for hydroxylation is 2. The number of nitrogens with zero attached hydrogens (tertiary/aromatic N) is 3. The van der Waals surface area contributed by atoms with E-state index < -0.39 is 0 Å². The van der Waals surface area contributed by atoms with E-state index >= 15 is 0 Å². The van der Waals surface area contributed by atoms with Crippen LogP contribution < -0.4 is 11.0 Å². The third-order valence-corrected chi connectivity index (χ3v) is 4.58. The molecule has 6 nitrogen and oxygen atoms in total. The Kier molecular flexibility index (Phi) is 7.25. The molecule has 0 saturated heterocycles. The number of hydrogen-bond acceptors (Lipinski definition) is 3. The summed E-state index contributed by atoms with van der Waals surface area (Å²) < 4.78 is 3.52. The predicted octanol–water partition coefficient (Wildman–Crippen LogP) is 2.06. The summed E-state index contributed by atoms with van der Waals surface area (Å²) in [5.41, 5.74) is 1.81. The average Bonchev–Trinajstić information content (AvgIpc) is 2.89. The smallest absolute Gasteiger partial charge is 0.329 e. The van der Waals surface area contributed by atoms with Crippen LogP contribution in [0.25, 0.3) is 11.0 Å². The Morgan fingerprint density at radius 3 is 2.20 bits per heavy atom. The summed E-state index contributed by atoms with van der Waals surface area (Å²) in [6.45, 7) is 10.9. The maximum absolute atomic E-state index is 12.7. The number of carbonyl (C=O) groups excluding carboxylic acids is 1. The second-order valence-corrected chi connectivity index (χ2v) is 6.20. The Morgan fingerprint density at radius 1 is 1.04 bits per heavy atom. The van der Waals surface area contributed by atoms with Crippen molar-refractivity contribution in [1.29, 1.82) is 0 Å². The monoisotopic (exact) mass is 346 g/mol. The first-order valence-corrected chi connectivity index (χ1v) is 9.29. The zero-order valence-corrected chi connectivity index (χ0v) is 15.6. The number of imidazole rings is 1. The van der Waals surface area contributed by atoms with E-state index in [2.05, 4.69) is 31.0 Å². The largest absolute Gasteiger partial charge is 0.355 e. The second kappa shape index (κ2) is 9.42. The van der Waals surface area contributed by atoms with Crippen molar-refractivity contribution < 1.29 is 4.79 Å². The van der Waals surface area contributed by atoms with Crippen LogP contribution in [0.3, 0.4) is 0 Å². The number of para-hydroxylation sites is 2. The molecular weight excluding hydrogens is 316 g/mol. The van der Waals surface area contributed by atoms with Gasteiger partial charge in [-0.2, -0.15) is 0 Å². The molecule has 0 spiro atoms. The van der Waals surface area contributed by atoms with Gasteiger partial charge in [0.25, 0.3) is 0 Å². The van der Waals surface area contributed by atoms with Crippen LogP contribution in [0.2, 0.25) is 0 Å². The van der Waals surface area contributed by atoms with Crippen molar-refractivity contribution in [2.75, 3.05) is 26.2 Å². The molecule has 1 N–H and O–H groups in total. The van der Waals surface area contributed by atoms with E-state index in [0.717, 1.165) is 37.1 Å². The van der Waals surface area contributed by atoms with Crippen LogP contribution in [0.4, 0.5) is 0 Å². The summed E-state index contributed by atoms with van der Waals surface area (Å²) >= 11 is 0. The maximum Gasteiger partial charge on any atom is 0.329 e. The number of rotatable bonds is 10. The molecule has 0 bridgehead atoms. The van der Waals surface area contributed by atoms with Crippen LogP contribution in [0, 0.1) is 0 Å². The Labute approximate surface area is 149 Å². The molecule has 2 aromatic rings. The summed E-state index contributed by atoms with van der Waals surface area (Å²) in [6.07, 6.45) is 1.22. The van der Waals surface area contributed by atoms with Crippen LogP contribution in [0.5, 0.6) is 0 Å². The fourth-order valence-electron chi connectivity index (χ4n) is 3.12. The van der Waals surface area contributed by atoms with E-state index in [1.807, 2.05) is 24.3 Å². The summed E-state index contributed by atoms with van der Waals surface area (Å²) in [5.74, 6) is -0.00798. The molecule has 0 aliphatic heterocycles. The van der Waals surface area contributed by atoms with Gasteiger partial charge in [-0.3, -0.25) is 13.9 Å². The van der Waals surface area contributed by atoms with Gasteiger partial charge in [-0.05, 0) is 31.6 Å². The number of fused-ring (bicyclic) bond motifs is 1. The lowest BCUT2D eigenvalue weighted by Gasteiger charge is -2.17. The van der Waals surface area contributed by atoms with Crippen LogP contribution in [0.15, 0.2) is 29.1 Å². The first-order valence-electron chi connectivity index (χ1n) is 9.29. The van der Waals surface area contributed by atoms with Crippen molar-refractivity contribution in [3.8, 4) is 0 Å². The quantitative estimate of drug-likeness (QED) is 0.716. The van der Waals surface area contributed by atoms with Gasteiger partial charge in [-0.1, -0.05) is 32.9 Å². The molecule has 2 rings (SSSR count). The number of likely N-dealkylation sites (N-methyl/N-ethyl adjacent to an activating group) is 1. The lowest BCUT2D eigenvalue weighted by molar-refractivity contribution is -0.121. The van der Waals surface area contributed by atoms with Crippen molar-refractivity contribution in [2.45, 2.75) is 46.7 Å². The predicted molar refractivity (Wildman–Crippen MR) is 102 cm³/mol. The second-order valence-electron chi connectivity index (χ2n) is 6.20. The van der Waals surface area contributed by atoms with E-state index in [-0.39, 0.29) is 11.6 Å². The summed E-state index contributed by atoms with van der Waals surface area (Å²) in [6, 6.07) is 7.78. The van der Waals surface area contributed by atoms with Crippen molar-refractivity contribution in [3.05, 3.63) is 34.7 Å². The number of benzene rings is 1. The molecule has 1 aromatic heterocycles. The Morgan fingerprint density at radius 2 is 1.64 bits per heavy atom. The van der Waals surface area contributed by atoms with Gasteiger partial charge in [0.2, 0.25) is 5.91 Å². The van der Waals surface area contributed by atoms with E-state index in [1.54, 1.807) is 9.13 Å². The zero-order valence-electron chi connectivity index (χ0n) is 15.6. The third-order valence-electron chi connectivity index (χ3n) is 4.58. The third kappa shape index (κ3) is 4.72. The number of nitrogens with one attached hydrogen (secondary N) is 1. The van der Waals surface area contributed by atoms with Crippen molar-refractivity contribution in [3.63, 3.8) is 0 Å². The molecular formula is C19H30N4O2. The Balaban J connectivity index is 2.00. The molecule has 0 aliphatic rings. The Bertz CT molecular complexity index is 743. The minimum Gasteiger partial charge on any atom is -0.355 e. The van der Waals surface area contributed by atoms with Gasteiger partial charge in [0, 0.05) is 32.6 Å². The molecule has 0 radical (unpaired) electrons. The molecule has 6 heteroatoms. The number of hydrogen-bond donors (Lipinski definition) is 1. The highest BCUT2D eigenvalue weighted by molar-refractivity contribution is 5.78. The molecule has 138 valence electrons. The lowest BCUT2D eigenvalue weighted by Crippen LogP contribution is -2.35. The number of carbonyl (C=O) groups is 1. The molecule has 0 unspecified atom stereocenters. The lowest BCUT2D eigenvalue weighted by atomic mass is 10.3. The molecule has 25 heavy (non-hydrogen) atoms. The van der Waals surface area contributed by atoms with Crippen LogP contribution in [-0.4, -0.2) is 46.1 Å². The topological polar surface area (TPSA) is 59.3 Å². The van der Waals surface area contributed by atoms with E-state index in [1.165, 1.54) is 0 Å². The standard InChI is InChI=1S/C19H30N4O2/c1-4-13-22-16-9-7-8-10-17(16)23(19(22)25)14-11-18(24)20-12-15-21(5-2)6-3/h7-10H,4-6,11-15H2,1-3H3,(H,20,24). The maximum atomic E-state index is 12.7. The van der Waals surface area contributed by atoms with Gasteiger partial charge in [-0.25, -0.2) is 4.79 Å². The van der Waals surface area contributed by atoms with Gasteiger partial charge in [0.05, 0.1) is 11.0 Å². The SMILES string of the molecule is CCCn1c(=O)n(CCC(=O)NCCN(CC)CC)c2ccccc21. The fourth-order valence-corrected chi connectivity index (χ4v) is 3.12. The van der Waals surface area contributed by atoms with Gasteiger partial charge in [-0.15, -0.1) is 0 Å². The zero-order chi connectivity index (χ0) is 18.2. The summed E-state index contributed by atoms with van der Waals surface area (Å²) in [5, 5.41) is 2.95. The molecule has 1 aromatic carbocycles. The summed E-state index contributed by atoms with van der Waals surface area (Å²) in [7, 11) is 0. The molecule has 1 heterocycles. The molecule has 1 amide bonds. The highest BCUT2D eigenvalue weighted by Crippen LogP contribution is 2.13. The minimum absolute atomic E-state index is 0.00798. The highest BCUT2D eigenvalue weighted by atomic mass is 16.2. The minimum atomic E-state index is -0.0287. The highest BCUT2D eigenvalue weighted by Gasteiger charge is 2.13. The van der Waals surface area contributed by atoms with Gasteiger partial charge in [0.1, 0.15) is 0 Å². The van der Waals surface area contributed by atoms with E-state index in [4.69, 9.17) is 0 Å². The van der Waals surface area contributed by atoms with Crippen molar-refractivity contribution in [1.82, 2.24) is 19.4 Å². The molecule has 0 aliphatic carbocycles. The summed E-state index contributed by atoms with van der Waals surface area (Å²) in [4.78, 5) is 27.0. The first-order chi connectivity index (χ1) is 12.1. The average molecular weight is 346 g/mol. The molecule has 0 fully saturated rings. The van der Waals surface area contributed by atoms with Crippen molar-refractivity contribution >= 4 is 16.9 Å². The van der Waals surface area contributed by atoms with Crippen LogP contribution >= 0.6 is 0 Å². The Hall–Kier alpha value is -2.08. The van der Waals surface area contributed by atoms with Gasteiger partial charge >= 0.3 is 5.69 Å². The van der Waals surface area contributed by atoms with E-state index in [0.29, 0.717) is 26.1 Å². The molecule has 0 saturated carbocycles. The normalized spacial score (nSPS) is 11.4. The van der Waals surface area contributed by atoms with Crippen LogP contribution in [0.1, 0.15) is 33.6 Å².